The van der Waals surface area contributed by atoms with Crippen molar-refractivity contribution in [3.8, 4) is 0 Å². The highest BCUT2D eigenvalue weighted by molar-refractivity contribution is 6.30. The van der Waals surface area contributed by atoms with Gasteiger partial charge in [-0.3, -0.25) is 9.48 Å². The van der Waals surface area contributed by atoms with Crippen molar-refractivity contribution in [1.82, 2.24) is 9.78 Å². The molecule has 5 heteroatoms. The molecular weight excluding hydrogens is 204 g/mol. The first-order valence-corrected chi connectivity index (χ1v) is 4.90. The van der Waals surface area contributed by atoms with Gasteiger partial charge in [-0.1, -0.05) is 11.6 Å². The molecule has 0 spiro atoms. The van der Waals surface area contributed by atoms with Crippen molar-refractivity contribution in [2.45, 2.75) is 25.2 Å². The topological polar surface area (TPSA) is 55.1 Å². The predicted molar refractivity (Wildman–Crippen MR) is 51.5 cm³/mol. The second-order valence-electron chi connectivity index (χ2n) is 3.62. The van der Waals surface area contributed by atoms with Crippen molar-refractivity contribution in [3.63, 3.8) is 0 Å². The maximum atomic E-state index is 10.6. The molecule has 1 aromatic rings. The van der Waals surface area contributed by atoms with E-state index >= 15 is 0 Å². The van der Waals surface area contributed by atoms with Crippen LogP contribution in [0.4, 0.5) is 0 Å². The molecule has 1 aliphatic carbocycles. The summed E-state index contributed by atoms with van der Waals surface area (Å²) in [4.78, 5) is 10.6. The summed E-state index contributed by atoms with van der Waals surface area (Å²) in [7, 11) is 1.74. The zero-order valence-corrected chi connectivity index (χ0v) is 8.58. The van der Waals surface area contributed by atoms with Gasteiger partial charge in [0, 0.05) is 18.5 Å². The Bertz CT molecular complexity index is 382. The number of halogens is 1. The van der Waals surface area contributed by atoms with E-state index in [1.807, 2.05) is 0 Å². The number of aryl methyl sites for hydroxylation is 1. The Hall–Kier alpha value is -1.03. The van der Waals surface area contributed by atoms with Crippen LogP contribution in [0.5, 0.6) is 0 Å². The Balaban J connectivity index is 2.37. The molecule has 1 N–H and O–H groups in total. The highest BCUT2D eigenvalue weighted by atomic mass is 35.5. The largest absolute Gasteiger partial charge is 0.481 e. The number of rotatable bonds is 3. The van der Waals surface area contributed by atoms with Gasteiger partial charge in [-0.2, -0.15) is 5.10 Å². The lowest BCUT2D eigenvalue weighted by molar-refractivity contribution is -0.136. The van der Waals surface area contributed by atoms with Crippen LogP contribution in [0, 0.1) is 0 Å². The van der Waals surface area contributed by atoms with E-state index < -0.39 is 5.97 Å². The highest BCUT2D eigenvalue weighted by Crippen LogP contribution is 2.42. The zero-order valence-electron chi connectivity index (χ0n) is 7.83. The Morgan fingerprint density at radius 1 is 1.71 bits per heavy atom. The van der Waals surface area contributed by atoms with Gasteiger partial charge in [0.2, 0.25) is 0 Å². The smallest absolute Gasteiger partial charge is 0.308 e. The summed E-state index contributed by atoms with van der Waals surface area (Å²) in [5.41, 5.74) is 1.56. The quantitative estimate of drug-likeness (QED) is 0.831. The van der Waals surface area contributed by atoms with Crippen molar-refractivity contribution in [2.75, 3.05) is 0 Å². The molecule has 1 heterocycles. The monoisotopic (exact) mass is 214 g/mol. The summed E-state index contributed by atoms with van der Waals surface area (Å²) in [6.45, 7) is 0. The molecule has 0 atom stereocenters. The van der Waals surface area contributed by atoms with Crippen LogP contribution < -0.4 is 0 Å². The molecular formula is C9H11ClN2O2. The third-order valence-corrected chi connectivity index (χ3v) is 2.86. The maximum Gasteiger partial charge on any atom is 0.308 e. The SMILES string of the molecule is Cn1nc(C2CC2)c(CC(=O)O)c1Cl. The molecule has 14 heavy (non-hydrogen) atoms. The van der Waals surface area contributed by atoms with Gasteiger partial charge in [-0.25, -0.2) is 0 Å². The Morgan fingerprint density at radius 2 is 2.36 bits per heavy atom. The van der Waals surface area contributed by atoms with E-state index in [-0.39, 0.29) is 6.42 Å². The summed E-state index contributed by atoms with van der Waals surface area (Å²) in [5.74, 6) is -0.426. The van der Waals surface area contributed by atoms with Crippen LogP contribution in [0.3, 0.4) is 0 Å². The fourth-order valence-corrected chi connectivity index (χ4v) is 1.77. The summed E-state index contributed by atoms with van der Waals surface area (Å²) in [6, 6.07) is 0. The summed E-state index contributed by atoms with van der Waals surface area (Å²) >= 11 is 5.97. The van der Waals surface area contributed by atoms with Crippen molar-refractivity contribution < 1.29 is 9.90 Å². The maximum absolute atomic E-state index is 10.6. The van der Waals surface area contributed by atoms with Gasteiger partial charge in [0.05, 0.1) is 12.1 Å². The van der Waals surface area contributed by atoms with Crippen molar-refractivity contribution in [3.05, 3.63) is 16.4 Å². The van der Waals surface area contributed by atoms with Gasteiger partial charge in [0.15, 0.2) is 0 Å². The zero-order chi connectivity index (χ0) is 10.3. The molecule has 1 fully saturated rings. The average Bonchev–Trinajstić information content (AvgIpc) is 2.88. The third kappa shape index (κ3) is 1.62. The molecule has 0 amide bonds. The molecule has 1 saturated carbocycles. The summed E-state index contributed by atoms with van der Waals surface area (Å²) in [6.07, 6.45) is 2.17. The van der Waals surface area contributed by atoms with E-state index in [4.69, 9.17) is 16.7 Å². The molecule has 0 bridgehead atoms. The lowest BCUT2D eigenvalue weighted by Gasteiger charge is -1.96. The van der Waals surface area contributed by atoms with E-state index in [0.29, 0.717) is 16.6 Å². The minimum Gasteiger partial charge on any atom is -0.481 e. The van der Waals surface area contributed by atoms with E-state index in [0.717, 1.165) is 18.5 Å². The second-order valence-corrected chi connectivity index (χ2v) is 3.98. The number of carbonyl (C=O) groups is 1. The van der Waals surface area contributed by atoms with Crippen LogP contribution in [-0.2, 0) is 18.3 Å². The molecule has 0 unspecified atom stereocenters. The van der Waals surface area contributed by atoms with E-state index in [9.17, 15) is 4.79 Å². The first kappa shape index (κ1) is 9.52. The van der Waals surface area contributed by atoms with Crippen LogP contribution in [0.2, 0.25) is 5.15 Å². The molecule has 1 aromatic heterocycles. The van der Waals surface area contributed by atoms with Crippen molar-refractivity contribution in [2.24, 2.45) is 7.05 Å². The van der Waals surface area contributed by atoms with Gasteiger partial charge in [0.25, 0.3) is 0 Å². The number of carboxylic acid groups (broad SMARTS) is 1. The summed E-state index contributed by atoms with van der Waals surface area (Å²) in [5, 5.41) is 13.4. The second kappa shape index (κ2) is 3.28. The number of carboxylic acids is 1. The Morgan fingerprint density at radius 3 is 2.86 bits per heavy atom. The van der Waals surface area contributed by atoms with E-state index in [2.05, 4.69) is 5.10 Å². The van der Waals surface area contributed by atoms with Crippen molar-refractivity contribution >= 4 is 17.6 Å². The first-order chi connectivity index (χ1) is 6.59. The first-order valence-electron chi connectivity index (χ1n) is 4.52. The minimum atomic E-state index is -0.859. The molecule has 4 nitrogen and oxygen atoms in total. The van der Waals surface area contributed by atoms with Gasteiger partial charge in [-0.15, -0.1) is 0 Å². The van der Waals surface area contributed by atoms with Gasteiger partial charge < -0.3 is 5.11 Å². The van der Waals surface area contributed by atoms with Gasteiger partial charge in [-0.05, 0) is 12.8 Å². The lowest BCUT2D eigenvalue weighted by Crippen LogP contribution is -2.02. The number of hydrogen-bond acceptors (Lipinski definition) is 2. The minimum absolute atomic E-state index is 0.0293. The standard InChI is InChI=1S/C9H11ClN2O2/c1-12-9(10)6(4-7(13)14)8(11-12)5-2-3-5/h5H,2-4H2,1H3,(H,13,14). The molecule has 2 rings (SSSR count). The molecule has 0 aliphatic heterocycles. The number of aromatic nitrogens is 2. The van der Waals surface area contributed by atoms with Gasteiger partial charge >= 0.3 is 5.97 Å². The fraction of sp³-hybridized carbons (Fsp3) is 0.556. The van der Waals surface area contributed by atoms with Crippen molar-refractivity contribution in [1.29, 1.82) is 0 Å². The van der Waals surface area contributed by atoms with Crippen LogP contribution in [0.25, 0.3) is 0 Å². The highest BCUT2D eigenvalue weighted by Gasteiger charge is 2.31. The molecule has 0 aromatic carbocycles. The molecule has 1 aliphatic rings. The van der Waals surface area contributed by atoms with E-state index in [1.54, 1.807) is 11.7 Å². The summed E-state index contributed by atoms with van der Waals surface area (Å²) < 4.78 is 1.55. The Kier molecular flexibility index (Phi) is 2.23. The number of aliphatic carboxylic acids is 1. The van der Waals surface area contributed by atoms with Crippen LogP contribution in [-0.4, -0.2) is 20.9 Å². The molecule has 0 saturated heterocycles. The lowest BCUT2D eigenvalue weighted by atomic mass is 10.1. The average molecular weight is 215 g/mol. The van der Waals surface area contributed by atoms with Gasteiger partial charge in [0.1, 0.15) is 5.15 Å². The molecule has 76 valence electrons. The number of nitrogens with zero attached hydrogens (tertiary/aromatic N) is 2. The van der Waals surface area contributed by atoms with E-state index in [1.165, 1.54) is 0 Å². The van der Waals surface area contributed by atoms with Crippen LogP contribution in [0.1, 0.15) is 30.0 Å². The Labute approximate surface area is 86.5 Å². The third-order valence-electron chi connectivity index (χ3n) is 2.39. The van der Waals surface area contributed by atoms with Crippen LogP contribution in [0.15, 0.2) is 0 Å². The number of hydrogen-bond donors (Lipinski definition) is 1. The molecule has 0 radical (unpaired) electrons. The van der Waals surface area contributed by atoms with Crippen LogP contribution >= 0.6 is 11.6 Å². The fourth-order valence-electron chi connectivity index (χ4n) is 1.57. The normalized spacial score (nSPS) is 15.9. The predicted octanol–water partition coefficient (Wildman–Crippen LogP) is 1.58.